The van der Waals surface area contributed by atoms with Crippen molar-refractivity contribution < 1.29 is 0 Å². The Balaban J connectivity index is -0.00000112. The van der Waals surface area contributed by atoms with Gasteiger partial charge in [-0.25, -0.2) is 0 Å². The highest BCUT2D eigenvalue weighted by Crippen LogP contribution is 2.22. The molecule has 0 aliphatic heterocycles. The van der Waals surface area contributed by atoms with Gasteiger partial charge in [-0.1, -0.05) is 21.6 Å². The molecule has 0 aromatic rings. The van der Waals surface area contributed by atoms with Gasteiger partial charge < -0.3 is 22.5 Å². The molecule has 0 aliphatic rings. The van der Waals surface area contributed by atoms with Gasteiger partial charge in [0.2, 0.25) is 0 Å². The molecule has 0 atom stereocenters. The Morgan fingerprint density at radius 3 is 2.11 bits per heavy atom. The van der Waals surface area contributed by atoms with Gasteiger partial charge in [-0.05, 0) is 12.8 Å². The van der Waals surface area contributed by atoms with Gasteiger partial charge in [0.05, 0.1) is 0 Å². The summed E-state index contributed by atoms with van der Waals surface area (Å²) < 4.78 is 0. The summed E-state index contributed by atoms with van der Waals surface area (Å²) in [6, 6.07) is 0. The molecule has 10 heteroatoms. The monoisotopic (exact) mass is 424 g/mol. The van der Waals surface area contributed by atoms with Crippen LogP contribution in [0.25, 0.3) is 0 Å². The fourth-order valence-corrected chi connectivity index (χ4v) is 2.96. The molecule has 110 valence electrons. The summed E-state index contributed by atoms with van der Waals surface area (Å²) in [7, 11) is 3.63. The van der Waals surface area contributed by atoms with Crippen LogP contribution in [-0.4, -0.2) is 36.5 Å². The van der Waals surface area contributed by atoms with E-state index in [0.29, 0.717) is 6.54 Å². The summed E-state index contributed by atoms with van der Waals surface area (Å²) in [4.78, 5) is 3.89. The van der Waals surface area contributed by atoms with E-state index in [2.05, 4.69) is 10.3 Å². The lowest BCUT2D eigenvalue weighted by Gasteiger charge is -2.02. The summed E-state index contributed by atoms with van der Waals surface area (Å²) in [6.45, 7) is 1.46. The Kier molecular flexibility index (Phi) is 22.3. The Labute approximate surface area is 137 Å². The largest absolute Gasteiger partial charge is 0.370 e. The molecule has 0 radical (unpaired) electrons. The molecule has 0 spiro atoms. The quantitative estimate of drug-likeness (QED) is 0.163. The molecule has 0 saturated heterocycles. The van der Waals surface area contributed by atoms with Crippen molar-refractivity contribution in [2.24, 2.45) is 22.2 Å². The van der Waals surface area contributed by atoms with E-state index < -0.39 is 0 Å². The van der Waals surface area contributed by atoms with Crippen molar-refractivity contribution in [1.82, 2.24) is 5.32 Å². The molecule has 8 N–H and O–H groups in total. The van der Waals surface area contributed by atoms with Crippen LogP contribution in [-0.2, 0) is 0 Å². The topological polar surface area (TPSA) is 126 Å². The van der Waals surface area contributed by atoms with Gasteiger partial charge in [-0.3, -0.25) is 10.4 Å². The molecule has 0 aromatic carbocycles. The molecular weight excluding hydrogens is 404 g/mol. The first-order valence-corrected chi connectivity index (χ1v) is 7.49. The molecule has 0 unspecified atom stereocenters. The SMILES string of the molecule is Br.Br.N=C(N)NCCCSSCCCN=C(N)N. The first kappa shape index (κ1) is 23.3. The van der Waals surface area contributed by atoms with Gasteiger partial charge in [-0.15, -0.1) is 34.0 Å². The van der Waals surface area contributed by atoms with E-state index in [-0.39, 0.29) is 45.9 Å². The Morgan fingerprint density at radius 1 is 1.06 bits per heavy atom. The van der Waals surface area contributed by atoms with Gasteiger partial charge >= 0.3 is 0 Å². The molecule has 0 saturated carbocycles. The molecule has 0 bridgehead atoms. The molecule has 18 heavy (non-hydrogen) atoms. The zero-order valence-corrected chi connectivity index (χ0v) is 15.1. The number of aliphatic imine (C=N–C) groups is 1. The summed E-state index contributed by atoms with van der Waals surface area (Å²) in [6.07, 6.45) is 1.99. The zero-order valence-electron chi connectivity index (χ0n) is 10.1. The van der Waals surface area contributed by atoms with Crippen molar-refractivity contribution in [1.29, 1.82) is 5.41 Å². The van der Waals surface area contributed by atoms with Crippen LogP contribution in [0.3, 0.4) is 0 Å². The number of nitrogens with two attached hydrogens (primary N) is 3. The first-order chi connectivity index (χ1) is 7.63. The van der Waals surface area contributed by atoms with Crippen molar-refractivity contribution in [2.45, 2.75) is 12.8 Å². The van der Waals surface area contributed by atoms with Crippen LogP contribution < -0.4 is 22.5 Å². The minimum atomic E-state index is 0. The highest BCUT2D eigenvalue weighted by atomic mass is 79.9. The first-order valence-electron chi connectivity index (χ1n) is 5.00. The summed E-state index contributed by atoms with van der Waals surface area (Å²) >= 11 is 0. The van der Waals surface area contributed by atoms with Crippen molar-refractivity contribution in [3.8, 4) is 0 Å². The minimum absolute atomic E-state index is 0. The molecule has 0 aliphatic carbocycles. The van der Waals surface area contributed by atoms with Crippen LogP contribution in [0.15, 0.2) is 4.99 Å². The Hall–Kier alpha value is 0.200. The Bertz CT molecular complexity index is 226. The highest BCUT2D eigenvalue weighted by molar-refractivity contribution is 8.93. The van der Waals surface area contributed by atoms with Gasteiger partial charge in [0.15, 0.2) is 11.9 Å². The number of nitrogens with one attached hydrogen (secondary N) is 2. The lowest BCUT2D eigenvalue weighted by Crippen LogP contribution is -2.31. The van der Waals surface area contributed by atoms with Crippen LogP contribution in [0.1, 0.15) is 12.8 Å². The average molecular weight is 426 g/mol. The predicted octanol–water partition coefficient (Wildman–Crippen LogP) is 1.06. The molecule has 6 nitrogen and oxygen atoms in total. The number of nitrogens with zero attached hydrogens (tertiary/aromatic N) is 1. The van der Waals surface area contributed by atoms with Crippen LogP contribution in [0.4, 0.5) is 0 Å². The van der Waals surface area contributed by atoms with E-state index in [1.54, 1.807) is 0 Å². The number of rotatable bonds is 9. The van der Waals surface area contributed by atoms with Crippen LogP contribution in [0, 0.1) is 5.41 Å². The van der Waals surface area contributed by atoms with Crippen LogP contribution >= 0.6 is 55.6 Å². The fourth-order valence-electron chi connectivity index (χ4n) is 0.804. The van der Waals surface area contributed by atoms with E-state index in [4.69, 9.17) is 22.6 Å². The lowest BCUT2D eigenvalue weighted by atomic mass is 10.5. The maximum atomic E-state index is 6.94. The minimum Gasteiger partial charge on any atom is -0.370 e. The van der Waals surface area contributed by atoms with E-state index >= 15 is 0 Å². The maximum Gasteiger partial charge on any atom is 0.185 e. The van der Waals surface area contributed by atoms with E-state index in [0.717, 1.165) is 30.9 Å². The number of hydrogen-bond acceptors (Lipinski definition) is 4. The standard InChI is InChI=1S/C8H20N6S2.2BrH/c9-7(10)13-3-1-5-15-16-6-2-4-14-8(11)12;;/h1-6H2,(H4,9,10,13)(H4,11,12,14);2*1H. The predicted molar refractivity (Wildman–Crippen MR) is 95.4 cm³/mol. The third-order valence-electron chi connectivity index (χ3n) is 1.48. The van der Waals surface area contributed by atoms with E-state index in [1.165, 1.54) is 0 Å². The van der Waals surface area contributed by atoms with Crippen LogP contribution in [0.2, 0.25) is 0 Å². The normalized spacial score (nSPS) is 8.67. The highest BCUT2D eigenvalue weighted by Gasteiger charge is 1.92. The molecule has 0 amide bonds. The third kappa shape index (κ3) is 21.5. The van der Waals surface area contributed by atoms with Crippen molar-refractivity contribution in [2.75, 3.05) is 24.6 Å². The van der Waals surface area contributed by atoms with Crippen molar-refractivity contribution >= 4 is 67.5 Å². The molecule has 0 fully saturated rings. The lowest BCUT2D eigenvalue weighted by molar-refractivity contribution is 0.838. The van der Waals surface area contributed by atoms with Crippen LogP contribution in [0.5, 0.6) is 0 Å². The second-order valence-corrected chi connectivity index (χ2v) is 5.70. The molecule has 0 aromatic heterocycles. The number of hydrogen-bond donors (Lipinski definition) is 5. The van der Waals surface area contributed by atoms with E-state index in [9.17, 15) is 0 Å². The molecule has 0 heterocycles. The van der Waals surface area contributed by atoms with Crippen molar-refractivity contribution in [3.05, 3.63) is 0 Å². The molecule has 0 rings (SSSR count). The van der Waals surface area contributed by atoms with Gasteiger partial charge in [0.1, 0.15) is 0 Å². The zero-order chi connectivity index (χ0) is 12.2. The van der Waals surface area contributed by atoms with Crippen molar-refractivity contribution in [3.63, 3.8) is 0 Å². The second kappa shape index (κ2) is 17.2. The number of guanidine groups is 2. The maximum absolute atomic E-state index is 6.94. The average Bonchev–Trinajstić information content (AvgIpc) is 2.20. The third-order valence-corrected chi connectivity index (χ3v) is 4.06. The van der Waals surface area contributed by atoms with Gasteiger partial charge in [0.25, 0.3) is 0 Å². The van der Waals surface area contributed by atoms with Gasteiger partial charge in [-0.2, -0.15) is 0 Å². The fraction of sp³-hybridized carbons (Fsp3) is 0.750. The van der Waals surface area contributed by atoms with Gasteiger partial charge in [0, 0.05) is 24.6 Å². The van der Waals surface area contributed by atoms with E-state index in [1.807, 2.05) is 21.6 Å². The smallest absolute Gasteiger partial charge is 0.185 e. The Morgan fingerprint density at radius 2 is 1.61 bits per heavy atom. The summed E-state index contributed by atoms with van der Waals surface area (Å²) in [5.41, 5.74) is 15.5. The molecular formula is C8H22Br2N6S2. The summed E-state index contributed by atoms with van der Waals surface area (Å²) in [5, 5.41) is 9.71. The summed E-state index contributed by atoms with van der Waals surface area (Å²) in [5.74, 6) is 2.29. The number of halogens is 2. The second-order valence-electron chi connectivity index (χ2n) is 3.00.